The lowest BCUT2D eigenvalue weighted by atomic mass is 10.1. The molecule has 2 aromatic rings. The van der Waals surface area contributed by atoms with Gasteiger partial charge in [0.05, 0.1) is 11.6 Å². The van der Waals surface area contributed by atoms with Crippen LogP contribution in [0.25, 0.3) is 0 Å². The van der Waals surface area contributed by atoms with Crippen LogP contribution in [-0.4, -0.2) is 20.0 Å². The zero-order valence-electron chi connectivity index (χ0n) is 13.5. The van der Waals surface area contributed by atoms with E-state index in [2.05, 4.69) is 11.4 Å². The summed E-state index contributed by atoms with van der Waals surface area (Å²) >= 11 is 0. The van der Waals surface area contributed by atoms with E-state index in [0.717, 1.165) is 16.8 Å². The average Bonchev–Trinajstić information content (AvgIpc) is 2.59. The molecule has 0 radical (unpaired) electrons. The second-order valence-corrected chi connectivity index (χ2v) is 5.65. The van der Waals surface area contributed by atoms with Gasteiger partial charge in [-0.15, -0.1) is 0 Å². The molecule has 0 aliphatic carbocycles. The maximum absolute atomic E-state index is 11.9. The second-order valence-electron chi connectivity index (χ2n) is 5.65. The van der Waals surface area contributed by atoms with Crippen LogP contribution in [0.15, 0.2) is 48.5 Å². The smallest absolute Gasteiger partial charge is 0.220 e. The number of nitrogens with one attached hydrogen (secondary N) is 1. The zero-order chi connectivity index (χ0) is 16.7. The average molecular weight is 307 g/mol. The molecule has 0 saturated heterocycles. The molecule has 118 valence electrons. The first-order valence-corrected chi connectivity index (χ1v) is 7.60. The van der Waals surface area contributed by atoms with Crippen LogP contribution in [-0.2, 0) is 17.8 Å². The lowest BCUT2D eigenvalue weighted by Crippen LogP contribution is -2.23. The van der Waals surface area contributed by atoms with E-state index < -0.39 is 0 Å². The summed E-state index contributed by atoms with van der Waals surface area (Å²) in [5.74, 6) is 0.0334. The monoisotopic (exact) mass is 307 g/mol. The molecule has 0 heterocycles. The molecule has 23 heavy (non-hydrogen) atoms. The third-order valence-corrected chi connectivity index (χ3v) is 3.67. The Hall–Kier alpha value is -2.80. The fourth-order valence-electron chi connectivity index (χ4n) is 2.20. The fourth-order valence-corrected chi connectivity index (χ4v) is 2.20. The number of nitriles is 1. The van der Waals surface area contributed by atoms with Gasteiger partial charge < -0.3 is 10.2 Å². The first-order valence-electron chi connectivity index (χ1n) is 7.60. The molecule has 2 rings (SSSR count). The summed E-state index contributed by atoms with van der Waals surface area (Å²) in [6, 6.07) is 17.6. The SMILES string of the molecule is CN(C)c1ccc(CNC(=O)CCc2ccc(C#N)cc2)cc1. The van der Waals surface area contributed by atoms with E-state index >= 15 is 0 Å². The summed E-state index contributed by atoms with van der Waals surface area (Å²) in [7, 11) is 4.00. The summed E-state index contributed by atoms with van der Waals surface area (Å²) in [5, 5.41) is 11.7. The van der Waals surface area contributed by atoms with Crippen LogP contribution < -0.4 is 10.2 Å². The highest BCUT2D eigenvalue weighted by Crippen LogP contribution is 2.12. The number of anilines is 1. The predicted octanol–water partition coefficient (Wildman–Crippen LogP) is 2.87. The van der Waals surface area contributed by atoms with Gasteiger partial charge in [-0.2, -0.15) is 5.26 Å². The van der Waals surface area contributed by atoms with Gasteiger partial charge in [-0.05, 0) is 41.8 Å². The highest BCUT2D eigenvalue weighted by molar-refractivity contribution is 5.76. The summed E-state index contributed by atoms with van der Waals surface area (Å²) in [6.07, 6.45) is 1.12. The van der Waals surface area contributed by atoms with Crippen molar-refractivity contribution in [3.8, 4) is 6.07 Å². The molecule has 0 saturated carbocycles. The number of hydrogen-bond acceptors (Lipinski definition) is 3. The van der Waals surface area contributed by atoms with Gasteiger partial charge in [0, 0.05) is 32.7 Å². The van der Waals surface area contributed by atoms with Crippen molar-refractivity contribution in [1.82, 2.24) is 5.32 Å². The summed E-state index contributed by atoms with van der Waals surface area (Å²) in [5.41, 5.74) is 3.93. The van der Waals surface area contributed by atoms with Gasteiger partial charge in [0.15, 0.2) is 0 Å². The Kier molecular flexibility index (Phi) is 5.76. The number of carbonyl (C=O) groups is 1. The van der Waals surface area contributed by atoms with Crippen LogP contribution in [0.4, 0.5) is 5.69 Å². The van der Waals surface area contributed by atoms with E-state index in [1.165, 1.54) is 0 Å². The van der Waals surface area contributed by atoms with Gasteiger partial charge in [0.2, 0.25) is 5.91 Å². The quantitative estimate of drug-likeness (QED) is 0.893. The number of nitrogens with zero attached hydrogens (tertiary/aromatic N) is 2. The zero-order valence-corrected chi connectivity index (χ0v) is 13.5. The van der Waals surface area contributed by atoms with Gasteiger partial charge in [0.25, 0.3) is 0 Å². The molecule has 1 amide bonds. The molecule has 0 aliphatic heterocycles. The van der Waals surface area contributed by atoms with Crippen molar-refractivity contribution in [1.29, 1.82) is 5.26 Å². The maximum atomic E-state index is 11.9. The topological polar surface area (TPSA) is 56.1 Å². The molecule has 0 atom stereocenters. The third kappa shape index (κ3) is 5.15. The first-order chi connectivity index (χ1) is 11.1. The third-order valence-electron chi connectivity index (χ3n) is 3.67. The Balaban J connectivity index is 1.77. The lowest BCUT2D eigenvalue weighted by Gasteiger charge is -2.13. The summed E-state index contributed by atoms with van der Waals surface area (Å²) < 4.78 is 0. The fraction of sp³-hybridized carbons (Fsp3) is 0.263. The minimum Gasteiger partial charge on any atom is -0.378 e. The van der Waals surface area contributed by atoms with Crippen molar-refractivity contribution in [3.05, 3.63) is 65.2 Å². The Labute approximate surface area is 137 Å². The van der Waals surface area contributed by atoms with Crippen LogP contribution in [0.5, 0.6) is 0 Å². The Bertz CT molecular complexity index is 682. The molecule has 0 bridgehead atoms. The number of amides is 1. The van der Waals surface area contributed by atoms with Crippen molar-refractivity contribution in [2.45, 2.75) is 19.4 Å². The highest BCUT2D eigenvalue weighted by Gasteiger charge is 2.03. The van der Waals surface area contributed by atoms with Crippen molar-refractivity contribution >= 4 is 11.6 Å². The van der Waals surface area contributed by atoms with Gasteiger partial charge in [-0.1, -0.05) is 24.3 Å². The van der Waals surface area contributed by atoms with Gasteiger partial charge >= 0.3 is 0 Å². The lowest BCUT2D eigenvalue weighted by molar-refractivity contribution is -0.121. The van der Waals surface area contributed by atoms with E-state index in [9.17, 15) is 4.79 Å². The van der Waals surface area contributed by atoms with E-state index in [0.29, 0.717) is 24.9 Å². The van der Waals surface area contributed by atoms with Crippen LogP contribution in [0.1, 0.15) is 23.1 Å². The highest BCUT2D eigenvalue weighted by atomic mass is 16.1. The standard InChI is InChI=1S/C19H21N3O/c1-22(2)18-10-7-17(8-11-18)14-21-19(23)12-9-15-3-5-16(13-20)6-4-15/h3-8,10-11H,9,12,14H2,1-2H3,(H,21,23). The van der Waals surface area contributed by atoms with Crippen molar-refractivity contribution in [3.63, 3.8) is 0 Å². The van der Waals surface area contributed by atoms with Crippen molar-refractivity contribution in [2.75, 3.05) is 19.0 Å². The van der Waals surface area contributed by atoms with Crippen LogP contribution in [0, 0.1) is 11.3 Å². The van der Waals surface area contributed by atoms with E-state index in [4.69, 9.17) is 5.26 Å². The molecular formula is C19H21N3O. The molecule has 4 nitrogen and oxygen atoms in total. The molecule has 4 heteroatoms. The van der Waals surface area contributed by atoms with Crippen LogP contribution in [0.2, 0.25) is 0 Å². The molecule has 1 N–H and O–H groups in total. The maximum Gasteiger partial charge on any atom is 0.220 e. The Morgan fingerprint density at radius 2 is 1.65 bits per heavy atom. The number of rotatable bonds is 6. The van der Waals surface area contributed by atoms with Gasteiger partial charge in [-0.3, -0.25) is 4.79 Å². The van der Waals surface area contributed by atoms with E-state index in [1.807, 2.05) is 55.4 Å². The second kappa shape index (κ2) is 8.00. The van der Waals surface area contributed by atoms with E-state index in [-0.39, 0.29) is 5.91 Å². The molecule has 0 spiro atoms. The number of benzene rings is 2. The number of aryl methyl sites for hydroxylation is 1. The first kappa shape index (κ1) is 16.6. The predicted molar refractivity (Wildman–Crippen MR) is 92.1 cm³/mol. The molecule has 0 aliphatic rings. The summed E-state index contributed by atoms with van der Waals surface area (Å²) in [4.78, 5) is 14.0. The minimum absolute atomic E-state index is 0.0334. The molecular weight excluding hydrogens is 286 g/mol. The van der Waals surface area contributed by atoms with Gasteiger partial charge in [-0.25, -0.2) is 0 Å². The number of hydrogen-bond donors (Lipinski definition) is 1. The van der Waals surface area contributed by atoms with Crippen LogP contribution >= 0.6 is 0 Å². The van der Waals surface area contributed by atoms with Crippen molar-refractivity contribution in [2.24, 2.45) is 0 Å². The molecule has 0 fully saturated rings. The largest absolute Gasteiger partial charge is 0.378 e. The normalized spacial score (nSPS) is 9.96. The number of carbonyl (C=O) groups excluding carboxylic acids is 1. The van der Waals surface area contributed by atoms with Crippen LogP contribution in [0.3, 0.4) is 0 Å². The van der Waals surface area contributed by atoms with E-state index in [1.54, 1.807) is 12.1 Å². The molecule has 0 unspecified atom stereocenters. The minimum atomic E-state index is 0.0334. The molecule has 0 aromatic heterocycles. The van der Waals surface area contributed by atoms with Crippen molar-refractivity contribution < 1.29 is 4.79 Å². The molecule has 2 aromatic carbocycles. The Morgan fingerprint density at radius 3 is 2.22 bits per heavy atom. The van der Waals surface area contributed by atoms with Gasteiger partial charge in [0.1, 0.15) is 0 Å². The summed E-state index contributed by atoms with van der Waals surface area (Å²) in [6.45, 7) is 0.542. The Morgan fingerprint density at radius 1 is 1.04 bits per heavy atom.